The van der Waals surface area contributed by atoms with Crippen molar-refractivity contribution in [3.8, 4) is 0 Å². The molecule has 1 amide bonds. The minimum atomic E-state index is -0.943. The van der Waals surface area contributed by atoms with Gasteiger partial charge in [-0.3, -0.25) is 4.79 Å². The van der Waals surface area contributed by atoms with Crippen molar-refractivity contribution in [2.24, 2.45) is 5.41 Å². The number of anilines is 1. The first-order valence-corrected chi connectivity index (χ1v) is 6.42. The molecule has 2 rings (SSSR count). The highest BCUT2D eigenvalue weighted by Crippen LogP contribution is 2.64. The van der Waals surface area contributed by atoms with E-state index in [9.17, 15) is 4.79 Å². The number of halogens is 2. The van der Waals surface area contributed by atoms with Crippen LogP contribution in [0.3, 0.4) is 0 Å². The lowest BCUT2D eigenvalue weighted by Gasteiger charge is -2.13. The average molecular weight is 288 g/mol. The summed E-state index contributed by atoms with van der Waals surface area (Å²) in [4.78, 5) is 12.1. The summed E-state index contributed by atoms with van der Waals surface area (Å²) in [6.07, 6.45) is 0.479. The summed E-state index contributed by atoms with van der Waals surface area (Å²) in [5, 5.41) is 2.84. The van der Waals surface area contributed by atoms with Crippen LogP contribution >= 0.6 is 23.2 Å². The maximum absolute atomic E-state index is 12.1. The van der Waals surface area contributed by atoms with E-state index in [1.54, 1.807) is 14.0 Å². The fraction of sp³-hybridized carbons (Fsp3) is 0.462. The minimum absolute atomic E-state index is 0.151. The van der Waals surface area contributed by atoms with Gasteiger partial charge in [0.05, 0.1) is 12.0 Å². The zero-order valence-corrected chi connectivity index (χ0v) is 11.8. The molecule has 3 nitrogen and oxygen atoms in total. The first kappa shape index (κ1) is 13.7. The molecule has 0 heterocycles. The largest absolute Gasteiger partial charge is 0.380 e. The van der Waals surface area contributed by atoms with Crippen LogP contribution in [0.4, 0.5) is 5.69 Å². The Morgan fingerprint density at radius 3 is 2.72 bits per heavy atom. The zero-order chi connectivity index (χ0) is 13.4. The fourth-order valence-electron chi connectivity index (χ4n) is 1.82. The summed E-state index contributed by atoms with van der Waals surface area (Å²) in [6, 6.07) is 7.50. The molecule has 0 saturated heterocycles. The molecular formula is C13H15Cl2NO2. The van der Waals surface area contributed by atoms with Crippen molar-refractivity contribution in [2.45, 2.75) is 24.3 Å². The van der Waals surface area contributed by atoms with Gasteiger partial charge in [-0.25, -0.2) is 0 Å². The highest BCUT2D eigenvalue weighted by Gasteiger charge is 2.67. The van der Waals surface area contributed by atoms with Gasteiger partial charge in [-0.2, -0.15) is 0 Å². The summed E-state index contributed by atoms with van der Waals surface area (Å²) < 4.78 is 4.10. The highest BCUT2D eigenvalue weighted by atomic mass is 35.5. The smallest absolute Gasteiger partial charge is 0.233 e. The van der Waals surface area contributed by atoms with Crippen LogP contribution in [-0.2, 0) is 16.1 Å². The molecule has 0 aliphatic heterocycles. The number of hydrogen-bond donors (Lipinski definition) is 1. The summed E-state index contributed by atoms with van der Waals surface area (Å²) in [5.41, 5.74) is 1.03. The lowest BCUT2D eigenvalue weighted by molar-refractivity contribution is -0.120. The molecule has 0 radical (unpaired) electrons. The van der Waals surface area contributed by atoms with Crippen molar-refractivity contribution in [1.82, 2.24) is 0 Å². The molecule has 1 aromatic rings. The van der Waals surface area contributed by atoms with Crippen molar-refractivity contribution < 1.29 is 9.53 Å². The Balaban J connectivity index is 2.06. The van der Waals surface area contributed by atoms with E-state index in [0.717, 1.165) is 11.3 Å². The first-order chi connectivity index (χ1) is 8.39. The van der Waals surface area contributed by atoms with Crippen LogP contribution in [0.5, 0.6) is 0 Å². The van der Waals surface area contributed by atoms with Crippen LogP contribution in [0.2, 0.25) is 0 Å². The third-order valence-electron chi connectivity index (χ3n) is 3.25. The van der Waals surface area contributed by atoms with Crippen molar-refractivity contribution in [1.29, 1.82) is 0 Å². The first-order valence-electron chi connectivity index (χ1n) is 5.66. The molecular weight excluding hydrogens is 273 g/mol. The van der Waals surface area contributed by atoms with Crippen LogP contribution in [0.15, 0.2) is 24.3 Å². The number of amides is 1. The third-order valence-corrected chi connectivity index (χ3v) is 4.36. The Bertz CT molecular complexity index is 476. The van der Waals surface area contributed by atoms with Gasteiger partial charge in [-0.15, -0.1) is 23.2 Å². The van der Waals surface area contributed by atoms with E-state index in [4.69, 9.17) is 27.9 Å². The Morgan fingerprint density at radius 2 is 2.17 bits per heavy atom. The average Bonchev–Trinajstić information content (AvgIpc) is 2.80. The van der Waals surface area contributed by atoms with Gasteiger partial charge in [0.15, 0.2) is 0 Å². The van der Waals surface area contributed by atoms with E-state index in [-0.39, 0.29) is 5.91 Å². The van der Waals surface area contributed by atoms with E-state index < -0.39 is 9.75 Å². The monoisotopic (exact) mass is 287 g/mol. The summed E-state index contributed by atoms with van der Waals surface area (Å²) in [5.74, 6) is -0.151. The van der Waals surface area contributed by atoms with Gasteiger partial charge in [0, 0.05) is 12.8 Å². The van der Waals surface area contributed by atoms with Crippen molar-refractivity contribution >= 4 is 34.8 Å². The molecule has 5 heteroatoms. The lowest BCUT2D eigenvalue weighted by Crippen LogP contribution is -2.25. The molecule has 1 fully saturated rings. The maximum atomic E-state index is 12.1. The van der Waals surface area contributed by atoms with Gasteiger partial charge in [-0.05, 0) is 31.0 Å². The Kier molecular flexibility index (Phi) is 3.58. The van der Waals surface area contributed by atoms with E-state index in [1.807, 2.05) is 24.3 Å². The number of carbonyl (C=O) groups excluding carboxylic acids is 1. The molecule has 1 aliphatic carbocycles. The molecule has 0 aromatic heterocycles. The van der Waals surface area contributed by atoms with Crippen molar-refractivity contribution in [3.63, 3.8) is 0 Å². The molecule has 1 atom stereocenters. The van der Waals surface area contributed by atoms with Crippen molar-refractivity contribution in [2.75, 3.05) is 12.4 Å². The molecule has 0 spiro atoms. The van der Waals surface area contributed by atoms with Crippen LogP contribution in [0.1, 0.15) is 18.9 Å². The number of hydrogen-bond acceptors (Lipinski definition) is 2. The van der Waals surface area contributed by atoms with E-state index in [1.165, 1.54) is 0 Å². The van der Waals surface area contributed by atoms with Crippen LogP contribution < -0.4 is 5.32 Å². The number of methoxy groups -OCH3 is 1. The number of nitrogens with one attached hydrogen (secondary N) is 1. The fourth-order valence-corrected chi connectivity index (χ4v) is 2.53. The third kappa shape index (κ3) is 2.48. The van der Waals surface area contributed by atoms with Gasteiger partial charge in [0.2, 0.25) is 5.91 Å². The summed E-state index contributed by atoms with van der Waals surface area (Å²) in [7, 11) is 1.63. The SMILES string of the molecule is COCc1cccc(NC(=O)[C@]2(C)CC2(Cl)Cl)c1. The number of rotatable bonds is 4. The Labute approximate surface area is 116 Å². The number of alkyl halides is 2. The number of benzene rings is 1. The van der Waals surface area contributed by atoms with Crippen molar-refractivity contribution in [3.05, 3.63) is 29.8 Å². The van der Waals surface area contributed by atoms with Gasteiger partial charge in [-0.1, -0.05) is 12.1 Å². The predicted molar refractivity (Wildman–Crippen MR) is 72.9 cm³/mol. The van der Waals surface area contributed by atoms with Gasteiger partial charge < -0.3 is 10.1 Å². The topological polar surface area (TPSA) is 38.3 Å². The highest BCUT2D eigenvalue weighted by molar-refractivity contribution is 6.53. The maximum Gasteiger partial charge on any atom is 0.233 e. The summed E-state index contributed by atoms with van der Waals surface area (Å²) >= 11 is 12.0. The van der Waals surface area contributed by atoms with E-state index in [2.05, 4.69) is 5.32 Å². The molecule has 0 unspecified atom stereocenters. The van der Waals surface area contributed by atoms with Crippen LogP contribution in [-0.4, -0.2) is 17.4 Å². The number of carbonyl (C=O) groups is 1. The second kappa shape index (κ2) is 4.72. The Morgan fingerprint density at radius 1 is 1.50 bits per heavy atom. The molecule has 1 saturated carbocycles. The van der Waals surface area contributed by atoms with E-state index in [0.29, 0.717) is 13.0 Å². The van der Waals surface area contributed by atoms with Crippen LogP contribution in [0, 0.1) is 5.41 Å². The van der Waals surface area contributed by atoms with Gasteiger partial charge in [0.1, 0.15) is 4.33 Å². The number of ether oxygens (including phenoxy) is 1. The Hall–Kier alpha value is -0.770. The lowest BCUT2D eigenvalue weighted by atomic mass is 10.1. The summed E-state index contributed by atoms with van der Waals surface area (Å²) in [6.45, 7) is 2.28. The standard InChI is InChI=1S/C13H15Cl2NO2/c1-12(8-13(12,14)15)11(17)16-10-5-3-4-9(6-10)7-18-2/h3-6H,7-8H2,1-2H3,(H,16,17)/t12-/m0/s1. The molecule has 98 valence electrons. The molecule has 1 aromatic carbocycles. The second-order valence-corrected chi connectivity index (χ2v) is 6.28. The van der Waals surface area contributed by atoms with Gasteiger partial charge in [0.25, 0.3) is 0 Å². The molecule has 1 aliphatic rings. The quantitative estimate of drug-likeness (QED) is 0.863. The molecule has 1 N–H and O–H groups in total. The van der Waals surface area contributed by atoms with Gasteiger partial charge >= 0.3 is 0 Å². The zero-order valence-electron chi connectivity index (χ0n) is 10.3. The normalized spacial score (nSPS) is 24.7. The molecule has 0 bridgehead atoms. The minimum Gasteiger partial charge on any atom is -0.380 e. The molecule has 18 heavy (non-hydrogen) atoms. The van der Waals surface area contributed by atoms with Crippen LogP contribution in [0.25, 0.3) is 0 Å². The van der Waals surface area contributed by atoms with E-state index >= 15 is 0 Å². The second-order valence-electron chi connectivity index (χ2n) is 4.80. The predicted octanol–water partition coefficient (Wildman–Crippen LogP) is 3.36.